The average molecular weight is 208 g/mol. The van der Waals surface area contributed by atoms with Gasteiger partial charge in [-0.05, 0) is 12.8 Å². The topological polar surface area (TPSA) is 75.0 Å². The standard InChI is InChI=1S/C10H16N4O/c11-9-8(12-7-13-9)10(15)14-5-3-1-2-4-6-14/h7H,1-6,11H2,(H,12,13). The van der Waals surface area contributed by atoms with Crippen molar-refractivity contribution in [3.63, 3.8) is 0 Å². The van der Waals surface area contributed by atoms with Crippen molar-refractivity contribution in [2.24, 2.45) is 0 Å². The van der Waals surface area contributed by atoms with E-state index in [1.54, 1.807) is 0 Å². The molecule has 5 nitrogen and oxygen atoms in total. The molecule has 5 heteroatoms. The summed E-state index contributed by atoms with van der Waals surface area (Å²) in [6, 6.07) is 0. The number of nitrogens with two attached hydrogens (primary N) is 1. The van der Waals surface area contributed by atoms with Crippen molar-refractivity contribution in [3.8, 4) is 0 Å². The van der Waals surface area contributed by atoms with Crippen LogP contribution in [0.25, 0.3) is 0 Å². The zero-order chi connectivity index (χ0) is 10.7. The number of anilines is 1. The van der Waals surface area contributed by atoms with Gasteiger partial charge in [0.15, 0.2) is 5.82 Å². The minimum atomic E-state index is -0.0214. The Morgan fingerprint density at radius 2 is 2.00 bits per heavy atom. The maximum Gasteiger partial charge on any atom is 0.274 e. The first-order valence-electron chi connectivity index (χ1n) is 5.37. The smallest absolute Gasteiger partial charge is 0.274 e. The third-order valence-corrected chi connectivity index (χ3v) is 2.78. The van der Waals surface area contributed by atoms with Crippen LogP contribution in [0.3, 0.4) is 0 Å². The fraction of sp³-hybridized carbons (Fsp3) is 0.600. The van der Waals surface area contributed by atoms with Crippen molar-refractivity contribution >= 4 is 11.7 Å². The summed E-state index contributed by atoms with van der Waals surface area (Å²) in [7, 11) is 0. The van der Waals surface area contributed by atoms with Gasteiger partial charge >= 0.3 is 0 Å². The first kappa shape index (κ1) is 10.0. The van der Waals surface area contributed by atoms with E-state index < -0.39 is 0 Å². The van der Waals surface area contributed by atoms with Crippen LogP contribution < -0.4 is 5.73 Å². The number of hydrogen-bond donors (Lipinski definition) is 2. The largest absolute Gasteiger partial charge is 0.382 e. The molecule has 0 spiro atoms. The van der Waals surface area contributed by atoms with Crippen LogP contribution in [-0.4, -0.2) is 33.9 Å². The van der Waals surface area contributed by atoms with Gasteiger partial charge in [0.25, 0.3) is 5.91 Å². The van der Waals surface area contributed by atoms with E-state index in [-0.39, 0.29) is 5.91 Å². The van der Waals surface area contributed by atoms with E-state index in [1.807, 2.05) is 4.90 Å². The summed E-state index contributed by atoms with van der Waals surface area (Å²) in [5, 5.41) is 0. The number of carbonyl (C=O) groups excluding carboxylic acids is 1. The van der Waals surface area contributed by atoms with Crippen LogP contribution in [0.15, 0.2) is 6.33 Å². The monoisotopic (exact) mass is 208 g/mol. The van der Waals surface area contributed by atoms with Crippen LogP contribution in [-0.2, 0) is 0 Å². The summed E-state index contributed by atoms with van der Waals surface area (Å²) in [4.78, 5) is 20.5. The summed E-state index contributed by atoms with van der Waals surface area (Å²) in [6.07, 6.45) is 6.05. The Bertz CT molecular complexity index is 339. The normalized spacial score (nSPS) is 17.5. The van der Waals surface area contributed by atoms with E-state index in [0.717, 1.165) is 25.9 Å². The first-order chi connectivity index (χ1) is 7.29. The summed E-state index contributed by atoms with van der Waals surface area (Å²) < 4.78 is 0. The van der Waals surface area contributed by atoms with Gasteiger partial charge in [-0.2, -0.15) is 0 Å². The highest BCUT2D eigenvalue weighted by Gasteiger charge is 2.20. The van der Waals surface area contributed by atoms with Crippen molar-refractivity contribution in [2.75, 3.05) is 18.8 Å². The number of aromatic nitrogens is 2. The van der Waals surface area contributed by atoms with Crippen molar-refractivity contribution in [1.82, 2.24) is 14.9 Å². The summed E-state index contributed by atoms with van der Waals surface area (Å²) in [5.74, 6) is 0.274. The second-order valence-electron chi connectivity index (χ2n) is 3.87. The van der Waals surface area contributed by atoms with Crippen LogP contribution in [0, 0.1) is 0 Å². The molecule has 2 rings (SSSR count). The molecule has 1 saturated heterocycles. The molecule has 1 aliphatic heterocycles. The van der Waals surface area contributed by atoms with E-state index in [4.69, 9.17) is 5.73 Å². The molecule has 0 saturated carbocycles. The zero-order valence-electron chi connectivity index (χ0n) is 8.70. The van der Waals surface area contributed by atoms with Gasteiger partial charge in [-0.3, -0.25) is 4.79 Å². The van der Waals surface area contributed by atoms with Crippen molar-refractivity contribution in [3.05, 3.63) is 12.0 Å². The van der Waals surface area contributed by atoms with E-state index in [0.29, 0.717) is 11.5 Å². The average Bonchev–Trinajstić information content (AvgIpc) is 2.53. The number of carbonyl (C=O) groups is 1. The second-order valence-corrected chi connectivity index (χ2v) is 3.87. The Kier molecular flexibility index (Phi) is 2.89. The lowest BCUT2D eigenvalue weighted by Crippen LogP contribution is -2.32. The van der Waals surface area contributed by atoms with Gasteiger partial charge in [-0.15, -0.1) is 0 Å². The van der Waals surface area contributed by atoms with E-state index >= 15 is 0 Å². The number of imidazole rings is 1. The number of rotatable bonds is 1. The molecule has 3 N–H and O–H groups in total. The van der Waals surface area contributed by atoms with Crippen molar-refractivity contribution in [2.45, 2.75) is 25.7 Å². The van der Waals surface area contributed by atoms with E-state index in [2.05, 4.69) is 9.97 Å². The highest BCUT2D eigenvalue weighted by molar-refractivity contribution is 5.96. The fourth-order valence-electron chi connectivity index (χ4n) is 1.91. The lowest BCUT2D eigenvalue weighted by atomic mass is 10.2. The van der Waals surface area contributed by atoms with Gasteiger partial charge in [0.05, 0.1) is 6.33 Å². The van der Waals surface area contributed by atoms with Gasteiger partial charge < -0.3 is 15.6 Å². The van der Waals surface area contributed by atoms with Crippen LogP contribution in [0.2, 0.25) is 0 Å². The summed E-state index contributed by atoms with van der Waals surface area (Å²) in [5.41, 5.74) is 6.03. The predicted octanol–water partition coefficient (Wildman–Crippen LogP) is 1.01. The molecule has 1 fully saturated rings. The van der Waals surface area contributed by atoms with Crippen LogP contribution >= 0.6 is 0 Å². The fourth-order valence-corrected chi connectivity index (χ4v) is 1.91. The second kappa shape index (κ2) is 4.33. The van der Waals surface area contributed by atoms with Gasteiger partial charge in [0.2, 0.25) is 0 Å². The summed E-state index contributed by atoms with van der Waals surface area (Å²) in [6.45, 7) is 1.66. The Hall–Kier alpha value is -1.52. The lowest BCUT2D eigenvalue weighted by Gasteiger charge is -2.19. The molecule has 0 aliphatic carbocycles. The number of hydrogen-bond acceptors (Lipinski definition) is 3. The van der Waals surface area contributed by atoms with Crippen LogP contribution in [0.5, 0.6) is 0 Å². The number of amides is 1. The number of H-pyrrole nitrogens is 1. The number of nitrogens with zero attached hydrogens (tertiary/aromatic N) is 2. The SMILES string of the molecule is Nc1nc[nH]c1C(=O)N1CCCCCC1. The Labute approximate surface area is 88.7 Å². The van der Waals surface area contributed by atoms with Gasteiger partial charge in [-0.25, -0.2) is 4.98 Å². The molecular formula is C10H16N4O. The van der Waals surface area contributed by atoms with Crippen LogP contribution in [0.1, 0.15) is 36.2 Å². The molecular weight excluding hydrogens is 192 g/mol. The predicted molar refractivity (Wildman–Crippen MR) is 57.4 cm³/mol. The summed E-state index contributed by atoms with van der Waals surface area (Å²) >= 11 is 0. The molecule has 1 aliphatic rings. The molecule has 15 heavy (non-hydrogen) atoms. The molecule has 1 amide bonds. The third kappa shape index (κ3) is 2.11. The van der Waals surface area contributed by atoms with Crippen LogP contribution in [0.4, 0.5) is 5.82 Å². The maximum atomic E-state index is 12.0. The molecule has 1 aromatic rings. The van der Waals surface area contributed by atoms with E-state index in [1.165, 1.54) is 19.2 Å². The molecule has 0 unspecified atom stereocenters. The van der Waals surface area contributed by atoms with Gasteiger partial charge in [0.1, 0.15) is 5.69 Å². The first-order valence-corrected chi connectivity index (χ1v) is 5.37. The molecule has 0 atom stereocenters. The zero-order valence-corrected chi connectivity index (χ0v) is 8.70. The molecule has 2 heterocycles. The maximum absolute atomic E-state index is 12.0. The Morgan fingerprint density at radius 1 is 1.33 bits per heavy atom. The lowest BCUT2D eigenvalue weighted by molar-refractivity contribution is 0.0757. The van der Waals surface area contributed by atoms with Crippen molar-refractivity contribution < 1.29 is 4.79 Å². The Morgan fingerprint density at radius 3 is 2.53 bits per heavy atom. The number of aromatic amines is 1. The number of nitrogen functional groups attached to an aromatic ring is 1. The van der Waals surface area contributed by atoms with E-state index in [9.17, 15) is 4.79 Å². The van der Waals surface area contributed by atoms with Crippen molar-refractivity contribution in [1.29, 1.82) is 0 Å². The van der Waals surface area contributed by atoms with Gasteiger partial charge in [0, 0.05) is 13.1 Å². The number of likely N-dealkylation sites (tertiary alicyclic amines) is 1. The molecule has 1 aromatic heterocycles. The molecule has 0 radical (unpaired) electrons. The van der Waals surface area contributed by atoms with Gasteiger partial charge in [-0.1, -0.05) is 12.8 Å². The minimum absolute atomic E-state index is 0.0214. The highest BCUT2D eigenvalue weighted by Crippen LogP contribution is 2.14. The molecule has 0 aromatic carbocycles. The quantitative estimate of drug-likeness (QED) is 0.723. The third-order valence-electron chi connectivity index (χ3n) is 2.78. The molecule has 0 bridgehead atoms. The minimum Gasteiger partial charge on any atom is -0.382 e. The Balaban J connectivity index is 2.09. The molecule has 82 valence electrons. The highest BCUT2D eigenvalue weighted by atomic mass is 16.2. The number of nitrogens with one attached hydrogen (secondary N) is 1.